The Morgan fingerprint density at radius 3 is 2.77 bits per heavy atom. The third-order valence-electron chi connectivity index (χ3n) is 6.65. The van der Waals surface area contributed by atoms with E-state index >= 15 is 0 Å². The number of benzene rings is 2. The molecule has 1 saturated carbocycles. The number of fused-ring (bicyclic) bond motifs is 3. The summed E-state index contributed by atoms with van der Waals surface area (Å²) < 4.78 is 12.4. The smallest absolute Gasteiger partial charge is 0.133 e. The van der Waals surface area contributed by atoms with Gasteiger partial charge in [0, 0.05) is 42.4 Å². The molecule has 1 aliphatic carbocycles. The summed E-state index contributed by atoms with van der Waals surface area (Å²) in [6, 6.07) is 14.0. The number of Topliss-reactive ketones (excluding diaryl/α,β-unsaturated/α-hetero) is 1. The topological polar surface area (TPSA) is 55.8 Å². The molecular formula is C26H32O4. The molecule has 1 N–H and O–H groups in total. The number of carbonyl (C=O) groups is 1. The maximum Gasteiger partial charge on any atom is 0.133 e. The van der Waals surface area contributed by atoms with Gasteiger partial charge in [0.2, 0.25) is 0 Å². The van der Waals surface area contributed by atoms with Crippen molar-refractivity contribution in [3.63, 3.8) is 0 Å². The van der Waals surface area contributed by atoms with Gasteiger partial charge in [-0.25, -0.2) is 0 Å². The normalized spacial score (nSPS) is 23.1. The molecule has 160 valence electrons. The highest BCUT2D eigenvalue weighted by Crippen LogP contribution is 2.54. The maximum atomic E-state index is 12.1. The standard InChI is InChI=1S/C26H32O4/c1-17(8-7-11-18-9-5-4-6-10-18)29-20-15-23(28)25-21-14-19(27)12-13-22(21)26(2,3)30-24(25)16-20/h4-6,9-10,15-17,21-22,28H,7-8,11-14H2,1-3H3/t17?,21-,22+/m0/s1. The van der Waals surface area contributed by atoms with Gasteiger partial charge in [0.15, 0.2) is 0 Å². The molecular weight excluding hydrogens is 376 g/mol. The van der Waals surface area contributed by atoms with Crippen molar-refractivity contribution in [3.8, 4) is 17.2 Å². The number of ketones is 1. The Morgan fingerprint density at radius 2 is 2.00 bits per heavy atom. The van der Waals surface area contributed by atoms with Gasteiger partial charge in [0.1, 0.15) is 28.6 Å². The predicted molar refractivity (Wildman–Crippen MR) is 117 cm³/mol. The van der Waals surface area contributed by atoms with Crippen LogP contribution in [0.4, 0.5) is 0 Å². The van der Waals surface area contributed by atoms with E-state index in [-0.39, 0.29) is 35.1 Å². The minimum atomic E-state index is -0.370. The summed E-state index contributed by atoms with van der Waals surface area (Å²) in [4.78, 5) is 12.1. The molecule has 2 aliphatic rings. The van der Waals surface area contributed by atoms with E-state index in [9.17, 15) is 9.90 Å². The van der Waals surface area contributed by atoms with Crippen molar-refractivity contribution in [2.45, 2.75) is 76.9 Å². The van der Waals surface area contributed by atoms with Crippen molar-refractivity contribution < 1.29 is 19.4 Å². The van der Waals surface area contributed by atoms with Crippen molar-refractivity contribution >= 4 is 5.78 Å². The predicted octanol–water partition coefficient (Wildman–Crippen LogP) is 5.81. The van der Waals surface area contributed by atoms with Crippen LogP contribution < -0.4 is 9.47 Å². The van der Waals surface area contributed by atoms with Crippen LogP contribution in [0.15, 0.2) is 42.5 Å². The average molecular weight is 409 g/mol. The lowest BCUT2D eigenvalue weighted by atomic mass is 9.66. The molecule has 1 heterocycles. The van der Waals surface area contributed by atoms with Crippen LogP contribution in [0.2, 0.25) is 0 Å². The number of phenolic OH excluding ortho intramolecular Hbond substituents is 1. The second-order valence-electron chi connectivity index (χ2n) is 9.36. The number of phenols is 1. The van der Waals surface area contributed by atoms with E-state index in [4.69, 9.17) is 9.47 Å². The number of aryl methyl sites for hydroxylation is 1. The zero-order chi connectivity index (χ0) is 21.3. The summed E-state index contributed by atoms with van der Waals surface area (Å²) in [5.74, 6) is 1.97. The Morgan fingerprint density at radius 1 is 1.23 bits per heavy atom. The van der Waals surface area contributed by atoms with Gasteiger partial charge in [0.05, 0.1) is 6.10 Å². The molecule has 1 aliphatic heterocycles. The fourth-order valence-electron chi connectivity index (χ4n) is 5.14. The largest absolute Gasteiger partial charge is 0.507 e. The first-order valence-electron chi connectivity index (χ1n) is 11.1. The quantitative estimate of drug-likeness (QED) is 0.656. The molecule has 0 saturated heterocycles. The Labute approximate surface area is 179 Å². The highest BCUT2D eigenvalue weighted by atomic mass is 16.5. The van der Waals surface area contributed by atoms with Crippen LogP contribution in [0.25, 0.3) is 0 Å². The lowest BCUT2D eigenvalue weighted by molar-refractivity contribution is -0.124. The van der Waals surface area contributed by atoms with Crippen LogP contribution >= 0.6 is 0 Å². The first kappa shape index (κ1) is 20.8. The van der Waals surface area contributed by atoms with Crippen molar-refractivity contribution in [1.29, 1.82) is 0 Å². The molecule has 1 fully saturated rings. The number of aromatic hydroxyl groups is 1. The Balaban J connectivity index is 1.46. The molecule has 2 aromatic carbocycles. The van der Waals surface area contributed by atoms with E-state index in [0.29, 0.717) is 24.3 Å². The number of ether oxygens (including phenoxy) is 2. The van der Waals surface area contributed by atoms with Crippen LogP contribution in [0.1, 0.15) is 69.9 Å². The Hall–Kier alpha value is -2.49. The van der Waals surface area contributed by atoms with Crippen LogP contribution in [0, 0.1) is 5.92 Å². The lowest BCUT2D eigenvalue weighted by Crippen LogP contribution is -2.47. The van der Waals surface area contributed by atoms with E-state index in [0.717, 1.165) is 31.2 Å². The van der Waals surface area contributed by atoms with Crippen LogP contribution in [-0.4, -0.2) is 22.6 Å². The monoisotopic (exact) mass is 408 g/mol. The average Bonchev–Trinajstić information content (AvgIpc) is 2.67. The first-order valence-corrected chi connectivity index (χ1v) is 11.1. The molecule has 4 nitrogen and oxygen atoms in total. The molecule has 4 heteroatoms. The molecule has 3 atom stereocenters. The Kier molecular flexibility index (Phi) is 5.77. The van der Waals surface area contributed by atoms with Crippen molar-refractivity contribution in [1.82, 2.24) is 0 Å². The number of hydrogen-bond donors (Lipinski definition) is 1. The Bertz CT molecular complexity index is 903. The van der Waals surface area contributed by atoms with Gasteiger partial charge in [-0.1, -0.05) is 30.3 Å². The van der Waals surface area contributed by atoms with Gasteiger partial charge < -0.3 is 14.6 Å². The molecule has 4 rings (SSSR count). The molecule has 0 spiro atoms. The molecule has 2 aromatic rings. The van der Waals surface area contributed by atoms with Crippen LogP contribution in [-0.2, 0) is 11.2 Å². The van der Waals surface area contributed by atoms with Crippen molar-refractivity contribution in [3.05, 3.63) is 53.6 Å². The fraction of sp³-hybridized carbons (Fsp3) is 0.500. The van der Waals surface area contributed by atoms with Gasteiger partial charge in [0.25, 0.3) is 0 Å². The number of hydrogen-bond acceptors (Lipinski definition) is 4. The van der Waals surface area contributed by atoms with Crippen molar-refractivity contribution in [2.75, 3.05) is 0 Å². The molecule has 1 unspecified atom stereocenters. The van der Waals surface area contributed by atoms with Gasteiger partial charge in [-0.2, -0.15) is 0 Å². The second kappa shape index (κ2) is 8.33. The fourth-order valence-corrected chi connectivity index (χ4v) is 5.14. The van der Waals surface area contributed by atoms with Gasteiger partial charge in [-0.15, -0.1) is 0 Å². The van der Waals surface area contributed by atoms with Crippen LogP contribution in [0.5, 0.6) is 17.2 Å². The summed E-state index contributed by atoms with van der Waals surface area (Å²) in [7, 11) is 0. The summed E-state index contributed by atoms with van der Waals surface area (Å²) in [6.45, 7) is 6.22. The van der Waals surface area contributed by atoms with Crippen LogP contribution in [0.3, 0.4) is 0 Å². The highest BCUT2D eigenvalue weighted by molar-refractivity contribution is 5.81. The van der Waals surface area contributed by atoms with E-state index < -0.39 is 0 Å². The van der Waals surface area contributed by atoms with E-state index in [2.05, 4.69) is 45.0 Å². The molecule has 30 heavy (non-hydrogen) atoms. The highest BCUT2D eigenvalue weighted by Gasteiger charge is 2.47. The maximum absolute atomic E-state index is 12.1. The zero-order valence-corrected chi connectivity index (χ0v) is 18.2. The summed E-state index contributed by atoms with van der Waals surface area (Å²) in [6.07, 6.45) is 4.92. The third kappa shape index (κ3) is 4.33. The van der Waals surface area contributed by atoms with Crippen molar-refractivity contribution in [2.24, 2.45) is 5.92 Å². The van der Waals surface area contributed by atoms with E-state index in [1.165, 1.54) is 5.56 Å². The number of carbonyl (C=O) groups excluding carboxylic acids is 1. The third-order valence-corrected chi connectivity index (χ3v) is 6.65. The van der Waals surface area contributed by atoms with Gasteiger partial charge in [-0.05, 0) is 52.0 Å². The molecule has 0 radical (unpaired) electrons. The first-order chi connectivity index (χ1) is 14.3. The van der Waals surface area contributed by atoms with E-state index in [1.54, 1.807) is 6.07 Å². The molecule has 0 bridgehead atoms. The minimum absolute atomic E-state index is 0.0161. The minimum Gasteiger partial charge on any atom is -0.507 e. The second-order valence-corrected chi connectivity index (χ2v) is 9.36. The molecule has 0 aromatic heterocycles. The number of rotatable bonds is 6. The van der Waals surface area contributed by atoms with Gasteiger partial charge >= 0.3 is 0 Å². The van der Waals surface area contributed by atoms with Gasteiger partial charge in [-0.3, -0.25) is 4.79 Å². The zero-order valence-electron chi connectivity index (χ0n) is 18.2. The molecule has 0 amide bonds. The lowest BCUT2D eigenvalue weighted by Gasteiger charge is -2.47. The summed E-state index contributed by atoms with van der Waals surface area (Å²) in [5, 5.41) is 10.8. The summed E-state index contributed by atoms with van der Waals surface area (Å²) >= 11 is 0. The van der Waals surface area contributed by atoms with E-state index in [1.807, 2.05) is 12.1 Å². The SMILES string of the molecule is CC(CCCc1ccccc1)Oc1cc(O)c2c(c1)OC(C)(C)[C@@H]1CCC(=O)C[C@H]21. The summed E-state index contributed by atoms with van der Waals surface area (Å²) in [5.41, 5.74) is 1.74.